The van der Waals surface area contributed by atoms with Crippen LogP contribution in [-0.4, -0.2) is 54.0 Å². The van der Waals surface area contributed by atoms with Crippen molar-refractivity contribution < 1.29 is 4.79 Å². The molecule has 152 valence electrons. The normalized spacial score (nSPS) is 15.2. The Hall–Kier alpha value is -2.79. The lowest BCUT2D eigenvalue weighted by Crippen LogP contribution is -2.45. The minimum absolute atomic E-state index is 0.0653. The highest BCUT2D eigenvalue weighted by Gasteiger charge is 2.25. The number of benzene rings is 2. The van der Waals surface area contributed by atoms with Crippen LogP contribution in [0.25, 0.3) is 10.9 Å². The van der Waals surface area contributed by atoms with E-state index in [4.69, 9.17) is 0 Å². The van der Waals surface area contributed by atoms with Crippen molar-refractivity contribution >= 4 is 16.9 Å². The summed E-state index contributed by atoms with van der Waals surface area (Å²) in [5.74, 6) is 0.521. The first-order chi connectivity index (χ1) is 14.2. The molecule has 1 aliphatic rings. The molecule has 2 amide bonds. The Morgan fingerprint density at radius 2 is 1.83 bits per heavy atom. The van der Waals surface area contributed by atoms with Gasteiger partial charge in [-0.1, -0.05) is 48.5 Å². The molecule has 0 saturated carbocycles. The SMILES string of the molecule is CN(CCNC(=O)N1CCC(c2c[nH]c3ccccc23)CC1)Cc1ccccc1. The van der Waals surface area contributed by atoms with Gasteiger partial charge in [0.15, 0.2) is 0 Å². The van der Waals surface area contributed by atoms with E-state index in [1.165, 1.54) is 22.0 Å². The molecule has 2 N–H and O–H groups in total. The maximum absolute atomic E-state index is 12.5. The lowest BCUT2D eigenvalue weighted by molar-refractivity contribution is 0.180. The molecule has 4 rings (SSSR count). The van der Waals surface area contributed by atoms with Crippen LogP contribution < -0.4 is 5.32 Å². The van der Waals surface area contributed by atoms with E-state index in [2.05, 4.69) is 77.0 Å². The van der Waals surface area contributed by atoms with Gasteiger partial charge in [-0.15, -0.1) is 0 Å². The Balaban J connectivity index is 1.21. The molecule has 0 bridgehead atoms. The van der Waals surface area contributed by atoms with Crippen molar-refractivity contribution in [2.24, 2.45) is 0 Å². The number of carbonyl (C=O) groups is 1. The van der Waals surface area contributed by atoms with Gasteiger partial charge in [-0.25, -0.2) is 4.79 Å². The third kappa shape index (κ3) is 4.80. The molecule has 1 fully saturated rings. The Morgan fingerprint density at radius 3 is 2.62 bits per heavy atom. The van der Waals surface area contributed by atoms with Crippen LogP contribution in [0.4, 0.5) is 4.79 Å². The maximum atomic E-state index is 12.5. The number of hydrogen-bond donors (Lipinski definition) is 2. The number of para-hydroxylation sites is 1. The number of aromatic amines is 1. The van der Waals surface area contributed by atoms with Crippen molar-refractivity contribution in [2.75, 3.05) is 33.2 Å². The number of likely N-dealkylation sites (N-methyl/N-ethyl adjacent to an activating group) is 1. The number of amides is 2. The molecule has 5 nitrogen and oxygen atoms in total. The van der Waals surface area contributed by atoms with Crippen molar-refractivity contribution in [2.45, 2.75) is 25.3 Å². The van der Waals surface area contributed by atoms with Crippen LogP contribution in [0.5, 0.6) is 0 Å². The Morgan fingerprint density at radius 1 is 1.10 bits per heavy atom. The van der Waals surface area contributed by atoms with Gasteiger partial charge in [-0.3, -0.25) is 0 Å². The lowest BCUT2D eigenvalue weighted by Gasteiger charge is -2.32. The lowest BCUT2D eigenvalue weighted by atomic mass is 9.89. The summed E-state index contributed by atoms with van der Waals surface area (Å²) in [7, 11) is 2.09. The van der Waals surface area contributed by atoms with Crippen molar-refractivity contribution in [1.82, 2.24) is 20.1 Å². The summed E-state index contributed by atoms with van der Waals surface area (Å²) in [5, 5.41) is 4.40. The average molecular weight is 391 g/mol. The topological polar surface area (TPSA) is 51.4 Å². The van der Waals surface area contributed by atoms with Crippen LogP contribution >= 0.6 is 0 Å². The van der Waals surface area contributed by atoms with Crippen LogP contribution in [-0.2, 0) is 6.54 Å². The summed E-state index contributed by atoms with van der Waals surface area (Å²) < 4.78 is 0. The Labute approximate surface area is 172 Å². The average Bonchev–Trinajstić information content (AvgIpc) is 3.19. The number of rotatable bonds is 6. The molecule has 29 heavy (non-hydrogen) atoms. The molecule has 0 unspecified atom stereocenters. The van der Waals surface area contributed by atoms with Crippen LogP contribution in [0.15, 0.2) is 60.8 Å². The molecule has 2 heterocycles. The highest BCUT2D eigenvalue weighted by Crippen LogP contribution is 2.33. The predicted molar refractivity (Wildman–Crippen MR) is 118 cm³/mol. The van der Waals surface area contributed by atoms with E-state index in [9.17, 15) is 4.79 Å². The van der Waals surface area contributed by atoms with Gasteiger partial charge in [0.1, 0.15) is 0 Å². The van der Waals surface area contributed by atoms with Gasteiger partial charge in [0, 0.05) is 49.8 Å². The fourth-order valence-electron chi connectivity index (χ4n) is 4.26. The van der Waals surface area contributed by atoms with Crippen LogP contribution in [0, 0.1) is 0 Å². The molecule has 5 heteroatoms. The highest BCUT2D eigenvalue weighted by atomic mass is 16.2. The fourth-order valence-corrected chi connectivity index (χ4v) is 4.26. The first kappa shape index (κ1) is 19.5. The zero-order valence-electron chi connectivity index (χ0n) is 17.1. The predicted octanol–water partition coefficient (Wildman–Crippen LogP) is 4.19. The Kier molecular flexibility index (Phi) is 6.15. The van der Waals surface area contributed by atoms with Gasteiger partial charge >= 0.3 is 6.03 Å². The minimum atomic E-state index is 0.0653. The molecule has 0 radical (unpaired) electrons. The van der Waals surface area contributed by atoms with E-state index in [1.54, 1.807) is 0 Å². The summed E-state index contributed by atoms with van der Waals surface area (Å²) in [6.07, 6.45) is 4.18. The molecule has 0 spiro atoms. The van der Waals surface area contributed by atoms with Gasteiger partial charge in [0.05, 0.1) is 0 Å². The zero-order chi connectivity index (χ0) is 20.1. The van der Waals surface area contributed by atoms with Crippen LogP contribution in [0.2, 0.25) is 0 Å². The number of H-pyrrole nitrogens is 1. The van der Waals surface area contributed by atoms with E-state index >= 15 is 0 Å². The molecule has 1 aromatic heterocycles. The number of fused-ring (bicyclic) bond motifs is 1. The van der Waals surface area contributed by atoms with Crippen molar-refractivity contribution in [1.29, 1.82) is 0 Å². The molecule has 1 aliphatic heterocycles. The summed E-state index contributed by atoms with van der Waals surface area (Å²) in [6.45, 7) is 4.04. The molecular weight excluding hydrogens is 360 g/mol. The molecule has 2 aromatic carbocycles. The number of nitrogens with zero attached hydrogens (tertiary/aromatic N) is 2. The summed E-state index contributed by atoms with van der Waals surface area (Å²) in [4.78, 5) is 20.1. The summed E-state index contributed by atoms with van der Waals surface area (Å²) >= 11 is 0. The number of hydrogen-bond acceptors (Lipinski definition) is 2. The number of piperidine rings is 1. The first-order valence-corrected chi connectivity index (χ1v) is 10.5. The third-order valence-corrected chi connectivity index (χ3v) is 5.91. The molecule has 0 aliphatic carbocycles. The third-order valence-electron chi connectivity index (χ3n) is 5.91. The second-order valence-electron chi connectivity index (χ2n) is 8.01. The molecular formula is C24H30N4O. The van der Waals surface area contributed by atoms with Crippen molar-refractivity contribution in [3.8, 4) is 0 Å². The second-order valence-corrected chi connectivity index (χ2v) is 8.01. The van der Waals surface area contributed by atoms with Crippen LogP contribution in [0.1, 0.15) is 29.9 Å². The monoisotopic (exact) mass is 390 g/mol. The molecule has 3 aromatic rings. The smallest absolute Gasteiger partial charge is 0.317 e. The van der Waals surface area contributed by atoms with Gasteiger partial charge in [-0.05, 0) is 43.0 Å². The molecule has 0 atom stereocenters. The second kappa shape index (κ2) is 9.14. The quantitative estimate of drug-likeness (QED) is 0.663. The van der Waals surface area contributed by atoms with E-state index in [0.29, 0.717) is 12.5 Å². The van der Waals surface area contributed by atoms with Gasteiger partial charge < -0.3 is 20.1 Å². The van der Waals surface area contributed by atoms with Crippen molar-refractivity contribution in [3.05, 3.63) is 71.9 Å². The number of likely N-dealkylation sites (tertiary alicyclic amines) is 1. The highest BCUT2D eigenvalue weighted by molar-refractivity contribution is 5.83. The van der Waals surface area contributed by atoms with Gasteiger partial charge in [-0.2, -0.15) is 0 Å². The van der Waals surface area contributed by atoms with E-state index in [0.717, 1.165) is 39.0 Å². The standard InChI is InChI=1S/C24H30N4O/c1-27(18-19-7-3-2-4-8-19)16-13-25-24(29)28-14-11-20(12-15-28)22-17-26-23-10-6-5-9-21(22)23/h2-10,17,20,26H,11-16,18H2,1H3,(H,25,29). The Bertz CT molecular complexity index is 928. The molecule has 1 saturated heterocycles. The minimum Gasteiger partial charge on any atom is -0.361 e. The van der Waals surface area contributed by atoms with Crippen molar-refractivity contribution in [3.63, 3.8) is 0 Å². The number of aromatic nitrogens is 1. The number of nitrogens with one attached hydrogen (secondary N) is 2. The van der Waals surface area contributed by atoms with Crippen LogP contribution in [0.3, 0.4) is 0 Å². The zero-order valence-corrected chi connectivity index (χ0v) is 17.1. The van der Waals surface area contributed by atoms with Gasteiger partial charge in [0.2, 0.25) is 0 Å². The van der Waals surface area contributed by atoms with E-state index in [1.807, 2.05) is 11.0 Å². The van der Waals surface area contributed by atoms with Gasteiger partial charge in [0.25, 0.3) is 0 Å². The summed E-state index contributed by atoms with van der Waals surface area (Å²) in [6, 6.07) is 18.9. The number of carbonyl (C=O) groups excluding carboxylic acids is 1. The first-order valence-electron chi connectivity index (χ1n) is 10.5. The maximum Gasteiger partial charge on any atom is 0.317 e. The largest absolute Gasteiger partial charge is 0.361 e. The number of urea groups is 1. The van der Waals surface area contributed by atoms with E-state index < -0.39 is 0 Å². The fraction of sp³-hybridized carbons (Fsp3) is 0.375. The van der Waals surface area contributed by atoms with E-state index in [-0.39, 0.29) is 6.03 Å². The summed E-state index contributed by atoms with van der Waals surface area (Å²) in [5.41, 5.74) is 3.88.